The SMILES string of the molecule is COc1ccccc1-c1n[nH]c(=S)n1NCc1cc(Br)c(OCc2c(Cl)cccc2Cl)c(OC)c1. The fraction of sp³-hybridized carbons (Fsp3) is 0.167. The lowest BCUT2D eigenvalue weighted by Crippen LogP contribution is -2.16. The van der Waals surface area contributed by atoms with Crippen molar-refractivity contribution in [2.75, 3.05) is 19.6 Å². The van der Waals surface area contributed by atoms with Crippen LogP contribution in [0.1, 0.15) is 11.1 Å². The number of aromatic amines is 1. The topological polar surface area (TPSA) is 73.3 Å². The largest absolute Gasteiger partial charge is 0.496 e. The maximum Gasteiger partial charge on any atom is 0.214 e. The summed E-state index contributed by atoms with van der Waals surface area (Å²) in [7, 11) is 3.20. The number of halogens is 3. The van der Waals surface area contributed by atoms with E-state index in [1.54, 1.807) is 37.1 Å². The number of ether oxygens (including phenoxy) is 3. The van der Waals surface area contributed by atoms with Gasteiger partial charge in [0.1, 0.15) is 12.4 Å². The lowest BCUT2D eigenvalue weighted by atomic mass is 10.2. The van der Waals surface area contributed by atoms with Crippen LogP contribution in [-0.2, 0) is 13.2 Å². The van der Waals surface area contributed by atoms with E-state index >= 15 is 0 Å². The van der Waals surface area contributed by atoms with Gasteiger partial charge in [-0.25, -0.2) is 9.77 Å². The van der Waals surface area contributed by atoms with Gasteiger partial charge in [-0.15, -0.1) is 0 Å². The van der Waals surface area contributed by atoms with E-state index in [1.807, 2.05) is 36.4 Å². The third-order valence-electron chi connectivity index (χ3n) is 5.17. The van der Waals surface area contributed by atoms with E-state index in [-0.39, 0.29) is 6.61 Å². The van der Waals surface area contributed by atoms with E-state index in [4.69, 9.17) is 49.6 Å². The Balaban J connectivity index is 1.55. The zero-order valence-corrected chi connectivity index (χ0v) is 22.7. The van der Waals surface area contributed by atoms with Gasteiger partial charge in [0.25, 0.3) is 0 Å². The van der Waals surface area contributed by atoms with Crippen LogP contribution in [0, 0.1) is 4.77 Å². The summed E-state index contributed by atoms with van der Waals surface area (Å²) >= 11 is 21.6. The molecule has 0 spiro atoms. The van der Waals surface area contributed by atoms with Crippen LogP contribution in [0.2, 0.25) is 10.0 Å². The Hall–Kier alpha value is -2.72. The molecule has 11 heteroatoms. The standard InChI is InChI=1S/C24H21BrCl2N4O3S/c1-32-20-9-4-3-6-15(20)23-29-30-24(35)31(23)28-12-14-10-17(25)22(21(11-14)33-2)34-13-16-18(26)7-5-8-19(16)27/h3-11,28H,12-13H2,1-2H3,(H,30,35). The normalized spacial score (nSPS) is 10.8. The van der Waals surface area contributed by atoms with Gasteiger partial charge in [-0.05, 0) is 70.1 Å². The number of H-pyrrole nitrogens is 1. The average molecular weight is 596 g/mol. The zero-order valence-electron chi connectivity index (χ0n) is 18.8. The van der Waals surface area contributed by atoms with Crippen LogP contribution in [0.3, 0.4) is 0 Å². The number of rotatable bonds is 9. The van der Waals surface area contributed by atoms with Gasteiger partial charge < -0.3 is 19.6 Å². The van der Waals surface area contributed by atoms with Crippen molar-refractivity contribution < 1.29 is 14.2 Å². The molecular weight excluding hydrogens is 575 g/mol. The fourth-order valence-electron chi connectivity index (χ4n) is 3.45. The second kappa shape index (κ2) is 11.3. The second-order valence-corrected chi connectivity index (χ2v) is 9.38. The minimum absolute atomic E-state index is 0.192. The number of hydrogen-bond acceptors (Lipinski definition) is 6. The van der Waals surface area contributed by atoms with Crippen molar-refractivity contribution in [2.45, 2.75) is 13.2 Å². The highest BCUT2D eigenvalue weighted by atomic mass is 79.9. The van der Waals surface area contributed by atoms with Gasteiger partial charge in [0.2, 0.25) is 4.77 Å². The molecule has 0 unspecified atom stereocenters. The summed E-state index contributed by atoms with van der Waals surface area (Å²) in [4.78, 5) is 0. The quantitative estimate of drug-likeness (QED) is 0.203. The summed E-state index contributed by atoms with van der Waals surface area (Å²) in [6.45, 7) is 0.624. The molecule has 2 N–H and O–H groups in total. The van der Waals surface area contributed by atoms with Crippen LogP contribution >= 0.6 is 51.3 Å². The Bertz CT molecular complexity index is 1390. The van der Waals surface area contributed by atoms with Gasteiger partial charge in [0, 0.05) is 15.6 Å². The van der Waals surface area contributed by atoms with Crippen molar-refractivity contribution in [3.63, 3.8) is 0 Å². The summed E-state index contributed by atoms with van der Waals surface area (Å²) < 4.78 is 19.9. The number of nitrogens with one attached hydrogen (secondary N) is 2. The second-order valence-electron chi connectivity index (χ2n) is 7.32. The van der Waals surface area contributed by atoms with Crippen molar-refractivity contribution in [3.05, 3.63) is 85.0 Å². The van der Waals surface area contributed by atoms with Gasteiger partial charge >= 0.3 is 0 Å². The van der Waals surface area contributed by atoms with Gasteiger partial charge in [0.05, 0.1) is 30.8 Å². The van der Waals surface area contributed by atoms with Gasteiger partial charge in [-0.2, -0.15) is 5.10 Å². The molecule has 0 saturated heterocycles. The molecule has 0 radical (unpaired) electrons. The first-order chi connectivity index (χ1) is 16.9. The van der Waals surface area contributed by atoms with E-state index in [9.17, 15) is 0 Å². The molecule has 0 atom stereocenters. The molecule has 3 aromatic carbocycles. The maximum absolute atomic E-state index is 6.27. The van der Waals surface area contributed by atoms with E-state index in [0.717, 1.165) is 15.6 Å². The molecule has 4 rings (SSSR count). The Kier molecular flexibility index (Phi) is 8.22. The predicted molar refractivity (Wildman–Crippen MR) is 144 cm³/mol. The monoisotopic (exact) mass is 594 g/mol. The van der Waals surface area contributed by atoms with Crippen LogP contribution in [-0.4, -0.2) is 29.1 Å². The number of hydrogen-bond donors (Lipinski definition) is 2. The molecule has 0 aliphatic rings. The van der Waals surface area contributed by atoms with E-state index in [0.29, 0.717) is 50.0 Å². The number of para-hydroxylation sites is 1. The summed E-state index contributed by atoms with van der Waals surface area (Å²) in [6, 6.07) is 16.7. The molecule has 182 valence electrons. The molecule has 1 aromatic heterocycles. The molecule has 0 aliphatic carbocycles. The summed E-state index contributed by atoms with van der Waals surface area (Å²) in [5.74, 6) is 2.39. The number of methoxy groups -OCH3 is 2. The summed E-state index contributed by atoms with van der Waals surface area (Å²) in [5.41, 5.74) is 5.74. The molecule has 0 bridgehead atoms. The number of nitrogens with zero attached hydrogens (tertiary/aromatic N) is 2. The lowest BCUT2D eigenvalue weighted by Gasteiger charge is -2.17. The molecule has 35 heavy (non-hydrogen) atoms. The van der Waals surface area contributed by atoms with E-state index < -0.39 is 0 Å². The molecule has 0 aliphatic heterocycles. The van der Waals surface area contributed by atoms with Crippen molar-refractivity contribution in [3.8, 4) is 28.6 Å². The molecule has 0 saturated carbocycles. The summed E-state index contributed by atoms with van der Waals surface area (Å²) in [6.07, 6.45) is 0. The Labute approximate surface area is 226 Å². The van der Waals surface area contributed by atoms with Gasteiger partial charge in [-0.3, -0.25) is 0 Å². The Morgan fingerprint density at radius 3 is 2.46 bits per heavy atom. The Morgan fingerprint density at radius 2 is 1.74 bits per heavy atom. The van der Waals surface area contributed by atoms with Crippen LogP contribution in [0.4, 0.5) is 0 Å². The minimum Gasteiger partial charge on any atom is -0.496 e. The van der Waals surface area contributed by atoms with Crippen LogP contribution in [0.15, 0.2) is 59.1 Å². The highest BCUT2D eigenvalue weighted by molar-refractivity contribution is 9.10. The average Bonchev–Trinajstić information content (AvgIpc) is 3.22. The maximum atomic E-state index is 6.27. The van der Waals surface area contributed by atoms with E-state index in [1.165, 1.54) is 0 Å². The molecule has 0 fully saturated rings. The molecule has 7 nitrogen and oxygen atoms in total. The molecular formula is C24H21BrCl2N4O3S. The third kappa shape index (κ3) is 5.59. The number of aromatic nitrogens is 3. The highest BCUT2D eigenvalue weighted by Crippen LogP contribution is 2.38. The van der Waals surface area contributed by atoms with Crippen molar-refractivity contribution in [1.29, 1.82) is 0 Å². The summed E-state index contributed by atoms with van der Waals surface area (Å²) in [5, 5.41) is 8.27. The first kappa shape index (κ1) is 25.4. The Morgan fingerprint density at radius 1 is 1.03 bits per heavy atom. The molecule has 0 amide bonds. The van der Waals surface area contributed by atoms with Crippen LogP contribution in [0.25, 0.3) is 11.4 Å². The fourth-order valence-corrected chi connectivity index (χ4v) is 4.76. The zero-order chi connectivity index (χ0) is 24.9. The molecule has 4 aromatic rings. The highest BCUT2D eigenvalue weighted by Gasteiger charge is 2.16. The van der Waals surface area contributed by atoms with Gasteiger partial charge in [-0.1, -0.05) is 41.4 Å². The smallest absolute Gasteiger partial charge is 0.214 e. The van der Waals surface area contributed by atoms with Crippen LogP contribution in [0.5, 0.6) is 17.2 Å². The lowest BCUT2D eigenvalue weighted by molar-refractivity contribution is 0.282. The van der Waals surface area contributed by atoms with Crippen LogP contribution < -0.4 is 19.6 Å². The van der Waals surface area contributed by atoms with Crippen molar-refractivity contribution in [1.82, 2.24) is 14.9 Å². The number of benzene rings is 3. The molecule has 1 heterocycles. The first-order valence-corrected chi connectivity index (χ1v) is 12.4. The minimum atomic E-state index is 0.192. The van der Waals surface area contributed by atoms with E-state index in [2.05, 4.69) is 31.6 Å². The van der Waals surface area contributed by atoms with Crippen molar-refractivity contribution >= 4 is 51.3 Å². The predicted octanol–water partition coefficient (Wildman–Crippen LogP) is 7.02. The third-order valence-corrected chi connectivity index (χ3v) is 6.74. The van der Waals surface area contributed by atoms with Gasteiger partial charge in [0.15, 0.2) is 17.3 Å². The van der Waals surface area contributed by atoms with Crippen molar-refractivity contribution in [2.24, 2.45) is 0 Å². The first-order valence-electron chi connectivity index (χ1n) is 10.4.